The van der Waals surface area contributed by atoms with E-state index >= 15 is 0 Å². The van der Waals surface area contributed by atoms with Crippen LogP contribution in [0.2, 0.25) is 0 Å². The molecule has 0 aliphatic rings. The molecule has 7 heteroatoms. The summed E-state index contributed by atoms with van der Waals surface area (Å²) in [5, 5.41) is 12.2. The highest BCUT2D eigenvalue weighted by Gasteiger charge is 2.19. The Labute approximate surface area is 179 Å². The molecule has 1 aromatic heterocycles. The average Bonchev–Trinajstić information content (AvgIpc) is 3.20. The molecule has 2 N–H and O–H groups in total. The molecule has 6 nitrogen and oxygen atoms in total. The molecule has 0 aliphatic carbocycles. The molecule has 5 rings (SSSR count). The van der Waals surface area contributed by atoms with Crippen LogP contribution in [-0.4, -0.2) is 23.1 Å². The van der Waals surface area contributed by atoms with Gasteiger partial charge in [-0.05, 0) is 37.3 Å². The van der Waals surface area contributed by atoms with E-state index in [-0.39, 0.29) is 10.6 Å². The number of imidazole rings is 1. The van der Waals surface area contributed by atoms with E-state index < -0.39 is 10.0 Å². The molecule has 0 amide bonds. The molecular weight excluding hydrogens is 410 g/mol. The number of fused-ring (bicyclic) bond motifs is 2. The van der Waals surface area contributed by atoms with Crippen LogP contribution < -0.4 is 4.72 Å². The molecule has 4 aromatic carbocycles. The third kappa shape index (κ3) is 3.29. The van der Waals surface area contributed by atoms with E-state index in [1.807, 2.05) is 31.2 Å². The van der Waals surface area contributed by atoms with Crippen molar-refractivity contribution >= 4 is 37.5 Å². The number of aryl methyl sites for hydroxylation is 1. The van der Waals surface area contributed by atoms with E-state index in [1.54, 1.807) is 65.5 Å². The molecule has 0 bridgehead atoms. The molecule has 1 heterocycles. The fourth-order valence-corrected chi connectivity index (χ4v) is 4.76. The normalized spacial score (nSPS) is 11.8. The maximum Gasteiger partial charge on any atom is 0.261 e. The molecule has 0 atom stereocenters. The number of aromatic nitrogens is 2. The Kier molecular flexibility index (Phi) is 4.41. The number of hydrogen-bond acceptors (Lipinski definition) is 4. The Morgan fingerprint density at radius 3 is 2.35 bits per heavy atom. The minimum Gasteiger partial charge on any atom is -0.505 e. The first-order valence-electron chi connectivity index (χ1n) is 9.71. The number of aromatic hydroxyl groups is 1. The van der Waals surface area contributed by atoms with Gasteiger partial charge in [0.25, 0.3) is 10.0 Å². The van der Waals surface area contributed by atoms with Crippen LogP contribution in [0, 0.1) is 6.92 Å². The number of para-hydroxylation sites is 2. The molecule has 154 valence electrons. The Bertz CT molecular complexity index is 1540. The summed E-state index contributed by atoms with van der Waals surface area (Å²) >= 11 is 0. The minimum atomic E-state index is -3.82. The van der Waals surface area contributed by atoms with Crippen LogP contribution in [0.25, 0.3) is 27.5 Å². The van der Waals surface area contributed by atoms with Gasteiger partial charge in [0, 0.05) is 10.8 Å². The minimum absolute atomic E-state index is 0.0528. The summed E-state index contributed by atoms with van der Waals surface area (Å²) in [5.74, 6) is 0.0528. The van der Waals surface area contributed by atoms with Crippen molar-refractivity contribution in [3.05, 3.63) is 90.8 Å². The van der Waals surface area contributed by atoms with Crippen LogP contribution >= 0.6 is 0 Å². The smallest absolute Gasteiger partial charge is 0.261 e. The van der Waals surface area contributed by atoms with Crippen molar-refractivity contribution < 1.29 is 13.5 Å². The zero-order valence-corrected chi connectivity index (χ0v) is 17.5. The Hall–Kier alpha value is -3.84. The van der Waals surface area contributed by atoms with Gasteiger partial charge in [-0.1, -0.05) is 54.1 Å². The monoisotopic (exact) mass is 429 g/mol. The lowest BCUT2D eigenvalue weighted by molar-refractivity contribution is 0.479. The molecule has 5 aromatic rings. The molecular formula is C24H19N3O3S. The standard InChI is InChI=1S/C24H19N3O3S/c1-16-10-12-17(13-11-16)31(29,30)26-21-14-23(24(28)19-7-3-2-6-18(19)21)27-15-25-20-8-4-5-9-22(20)27/h2-15,26,28H,1H3. The topological polar surface area (TPSA) is 84.2 Å². The van der Waals surface area contributed by atoms with Crippen molar-refractivity contribution in [3.8, 4) is 11.4 Å². The van der Waals surface area contributed by atoms with Crippen LogP contribution in [0.5, 0.6) is 5.75 Å². The van der Waals surface area contributed by atoms with Crippen LogP contribution in [0.1, 0.15) is 5.56 Å². The van der Waals surface area contributed by atoms with Gasteiger partial charge in [-0.15, -0.1) is 0 Å². The van der Waals surface area contributed by atoms with Gasteiger partial charge in [0.05, 0.1) is 27.3 Å². The lowest BCUT2D eigenvalue weighted by Crippen LogP contribution is -2.13. The first-order chi connectivity index (χ1) is 14.9. The summed E-state index contributed by atoms with van der Waals surface area (Å²) in [4.78, 5) is 4.56. The molecule has 0 aliphatic heterocycles. The zero-order valence-electron chi connectivity index (χ0n) is 16.6. The molecule has 0 unspecified atom stereocenters. The molecule has 0 spiro atoms. The molecule has 0 saturated carbocycles. The number of phenolic OH excluding ortho intramolecular Hbond substituents is 1. The van der Waals surface area contributed by atoms with Gasteiger partial charge < -0.3 is 5.11 Å². The molecule has 0 radical (unpaired) electrons. The number of nitrogens with one attached hydrogen (secondary N) is 1. The first-order valence-corrected chi connectivity index (χ1v) is 11.2. The third-order valence-electron chi connectivity index (χ3n) is 5.28. The fourth-order valence-electron chi connectivity index (χ4n) is 3.69. The van der Waals surface area contributed by atoms with Gasteiger partial charge in [0.1, 0.15) is 12.1 Å². The Morgan fingerprint density at radius 2 is 1.58 bits per heavy atom. The number of anilines is 1. The number of sulfonamides is 1. The summed E-state index contributed by atoms with van der Waals surface area (Å²) in [7, 11) is -3.82. The van der Waals surface area contributed by atoms with E-state index in [0.29, 0.717) is 22.1 Å². The number of phenols is 1. The van der Waals surface area contributed by atoms with Crippen molar-refractivity contribution in [2.24, 2.45) is 0 Å². The maximum atomic E-state index is 13.1. The van der Waals surface area contributed by atoms with Crippen LogP contribution in [0.15, 0.2) is 90.1 Å². The molecule has 0 saturated heterocycles. The maximum absolute atomic E-state index is 13.1. The van der Waals surface area contributed by atoms with Gasteiger partial charge >= 0.3 is 0 Å². The van der Waals surface area contributed by atoms with Gasteiger partial charge in [0.2, 0.25) is 0 Å². The zero-order chi connectivity index (χ0) is 21.6. The van der Waals surface area contributed by atoms with Gasteiger partial charge in [-0.25, -0.2) is 13.4 Å². The van der Waals surface area contributed by atoms with E-state index in [9.17, 15) is 13.5 Å². The van der Waals surface area contributed by atoms with E-state index in [2.05, 4.69) is 9.71 Å². The third-order valence-corrected chi connectivity index (χ3v) is 6.67. The summed E-state index contributed by atoms with van der Waals surface area (Å²) in [6.45, 7) is 1.90. The SMILES string of the molecule is Cc1ccc(S(=O)(=O)Nc2cc(-n3cnc4ccccc43)c(O)c3ccccc23)cc1. The van der Waals surface area contributed by atoms with E-state index in [1.165, 1.54) is 0 Å². The second kappa shape index (κ2) is 7.14. The molecule has 0 fully saturated rings. The summed E-state index contributed by atoms with van der Waals surface area (Å²) in [6, 6.07) is 23.0. The predicted octanol–water partition coefficient (Wildman–Crippen LogP) is 4.99. The van der Waals surface area contributed by atoms with Crippen molar-refractivity contribution in [1.29, 1.82) is 0 Å². The quantitative estimate of drug-likeness (QED) is 0.394. The van der Waals surface area contributed by atoms with Crippen LogP contribution in [0.3, 0.4) is 0 Å². The lowest BCUT2D eigenvalue weighted by Gasteiger charge is -2.16. The Morgan fingerprint density at radius 1 is 0.903 bits per heavy atom. The summed E-state index contributed by atoms with van der Waals surface area (Å²) in [5.41, 5.74) is 3.37. The molecule has 31 heavy (non-hydrogen) atoms. The second-order valence-electron chi connectivity index (χ2n) is 7.36. The highest BCUT2D eigenvalue weighted by Crippen LogP contribution is 2.38. The van der Waals surface area contributed by atoms with E-state index in [0.717, 1.165) is 16.6 Å². The van der Waals surface area contributed by atoms with Crippen molar-refractivity contribution in [1.82, 2.24) is 9.55 Å². The average molecular weight is 430 g/mol. The number of benzene rings is 4. The van der Waals surface area contributed by atoms with E-state index in [4.69, 9.17) is 0 Å². The second-order valence-corrected chi connectivity index (χ2v) is 9.04. The van der Waals surface area contributed by atoms with Gasteiger partial charge in [-0.2, -0.15) is 0 Å². The van der Waals surface area contributed by atoms with Crippen LogP contribution in [0.4, 0.5) is 5.69 Å². The van der Waals surface area contributed by atoms with Gasteiger partial charge in [-0.3, -0.25) is 9.29 Å². The summed E-state index contributed by atoms with van der Waals surface area (Å²) in [6.07, 6.45) is 1.62. The fraction of sp³-hybridized carbons (Fsp3) is 0.0417. The highest BCUT2D eigenvalue weighted by atomic mass is 32.2. The van der Waals surface area contributed by atoms with Gasteiger partial charge in [0.15, 0.2) is 0 Å². The number of rotatable bonds is 4. The first kappa shape index (κ1) is 19.1. The number of hydrogen-bond donors (Lipinski definition) is 2. The number of nitrogens with zero attached hydrogens (tertiary/aromatic N) is 2. The van der Waals surface area contributed by atoms with Crippen LogP contribution in [-0.2, 0) is 10.0 Å². The Balaban J connectivity index is 1.71. The summed E-state index contributed by atoms with van der Waals surface area (Å²) < 4.78 is 30.6. The van der Waals surface area contributed by atoms with Crippen molar-refractivity contribution in [2.75, 3.05) is 4.72 Å². The largest absolute Gasteiger partial charge is 0.505 e. The lowest BCUT2D eigenvalue weighted by atomic mass is 10.1. The van der Waals surface area contributed by atoms with Crippen molar-refractivity contribution in [3.63, 3.8) is 0 Å². The predicted molar refractivity (Wildman–Crippen MR) is 122 cm³/mol. The highest BCUT2D eigenvalue weighted by molar-refractivity contribution is 7.92. The van der Waals surface area contributed by atoms with Crippen molar-refractivity contribution in [2.45, 2.75) is 11.8 Å².